The Kier molecular flexibility index (Phi) is 3.87. The van der Waals surface area contributed by atoms with E-state index in [9.17, 15) is 4.79 Å². The topological polar surface area (TPSA) is 67.3 Å². The second kappa shape index (κ2) is 5.58. The Hall–Kier alpha value is -1.69. The van der Waals surface area contributed by atoms with Crippen LogP contribution in [0.1, 0.15) is 17.4 Å². The lowest BCUT2D eigenvalue weighted by Gasteiger charge is -2.27. The number of hydrogen-bond donors (Lipinski definition) is 1. The fraction of sp³-hybridized carbons (Fsp3) is 0.545. The van der Waals surface area contributed by atoms with Crippen LogP contribution in [-0.2, 0) is 4.74 Å². The number of piperazine rings is 1. The van der Waals surface area contributed by atoms with Gasteiger partial charge < -0.3 is 15.0 Å². The van der Waals surface area contributed by atoms with Crippen LogP contribution in [0.2, 0.25) is 0 Å². The molecule has 0 saturated carbocycles. The summed E-state index contributed by atoms with van der Waals surface area (Å²) in [6.45, 7) is 5.82. The minimum atomic E-state index is -0.424. The largest absolute Gasteiger partial charge is 0.461 e. The molecule has 0 unspecified atom stereocenters. The number of ether oxygens (including phenoxy) is 1. The van der Waals surface area contributed by atoms with E-state index in [0.717, 1.165) is 32.0 Å². The zero-order valence-corrected chi connectivity index (χ0v) is 9.85. The lowest BCUT2D eigenvalue weighted by Crippen LogP contribution is -2.43. The number of nitrogens with zero attached hydrogens (tertiary/aromatic N) is 3. The first-order chi connectivity index (χ1) is 8.31. The summed E-state index contributed by atoms with van der Waals surface area (Å²) in [6.07, 6.45) is 3.09. The molecule has 6 nitrogen and oxygen atoms in total. The number of esters is 1. The van der Waals surface area contributed by atoms with Gasteiger partial charge in [0.2, 0.25) is 0 Å². The molecule has 0 spiro atoms. The summed E-state index contributed by atoms with van der Waals surface area (Å²) >= 11 is 0. The molecule has 1 N–H and O–H groups in total. The van der Waals surface area contributed by atoms with Crippen molar-refractivity contribution in [1.82, 2.24) is 15.3 Å². The number of carbonyl (C=O) groups is 1. The number of nitrogens with one attached hydrogen (secondary N) is 1. The molecule has 2 rings (SSSR count). The standard InChI is InChI=1S/C11H16N4O2/c1-2-17-11(16)9-7-14-10(8-13-9)15-5-3-12-4-6-15/h7-8,12H,2-6H2,1H3. The van der Waals surface area contributed by atoms with E-state index in [1.54, 1.807) is 13.1 Å². The van der Waals surface area contributed by atoms with Crippen molar-refractivity contribution in [2.24, 2.45) is 0 Å². The molecular formula is C11H16N4O2. The van der Waals surface area contributed by atoms with Gasteiger partial charge in [0.05, 0.1) is 19.0 Å². The zero-order valence-electron chi connectivity index (χ0n) is 9.85. The zero-order chi connectivity index (χ0) is 12.1. The molecule has 1 saturated heterocycles. The van der Waals surface area contributed by atoms with Crippen molar-refractivity contribution in [1.29, 1.82) is 0 Å². The number of carbonyl (C=O) groups excluding carboxylic acids is 1. The first-order valence-corrected chi connectivity index (χ1v) is 5.76. The van der Waals surface area contributed by atoms with Crippen molar-refractivity contribution in [2.75, 3.05) is 37.7 Å². The van der Waals surface area contributed by atoms with Crippen LogP contribution >= 0.6 is 0 Å². The first-order valence-electron chi connectivity index (χ1n) is 5.76. The van der Waals surface area contributed by atoms with E-state index in [1.807, 2.05) is 0 Å². The van der Waals surface area contributed by atoms with Gasteiger partial charge >= 0.3 is 5.97 Å². The highest BCUT2D eigenvalue weighted by Gasteiger charge is 2.13. The van der Waals surface area contributed by atoms with Crippen LogP contribution in [0.5, 0.6) is 0 Å². The third kappa shape index (κ3) is 2.91. The molecule has 2 heterocycles. The first kappa shape index (κ1) is 11.8. The van der Waals surface area contributed by atoms with Crippen molar-refractivity contribution in [3.63, 3.8) is 0 Å². The normalized spacial score (nSPS) is 15.7. The fourth-order valence-electron chi connectivity index (χ4n) is 1.69. The Morgan fingerprint density at radius 1 is 1.41 bits per heavy atom. The quantitative estimate of drug-likeness (QED) is 0.749. The summed E-state index contributed by atoms with van der Waals surface area (Å²) in [5.74, 6) is 0.381. The van der Waals surface area contributed by atoms with Gasteiger partial charge in [-0.05, 0) is 6.92 Å². The van der Waals surface area contributed by atoms with Crippen LogP contribution in [0.3, 0.4) is 0 Å². The Bertz CT molecular complexity index is 374. The lowest BCUT2D eigenvalue weighted by molar-refractivity contribution is 0.0519. The average molecular weight is 236 g/mol. The molecule has 0 bridgehead atoms. The molecule has 0 radical (unpaired) electrons. The van der Waals surface area contributed by atoms with Gasteiger partial charge in [0.1, 0.15) is 5.82 Å². The van der Waals surface area contributed by atoms with E-state index >= 15 is 0 Å². The maximum absolute atomic E-state index is 11.4. The monoisotopic (exact) mass is 236 g/mol. The lowest BCUT2D eigenvalue weighted by atomic mass is 10.3. The third-order valence-corrected chi connectivity index (χ3v) is 2.56. The molecule has 0 aliphatic carbocycles. The molecule has 0 atom stereocenters. The van der Waals surface area contributed by atoms with Crippen LogP contribution in [0.15, 0.2) is 12.4 Å². The number of aromatic nitrogens is 2. The van der Waals surface area contributed by atoms with Crippen LogP contribution in [0, 0.1) is 0 Å². The summed E-state index contributed by atoms with van der Waals surface area (Å²) in [6, 6.07) is 0. The predicted molar refractivity (Wildman–Crippen MR) is 63.1 cm³/mol. The van der Waals surface area contributed by atoms with Crippen LogP contribution in [0.25, 0.3) is 0 Å². The van der Waals surface area contributed by atoms with Crippen molar-refractivity contribution in [2.45, 2.75) is 6.92 Å². The Morgan fingerprint density at radius 2 is 2.18 bits per heavy atom. The molecule has 1 aliphatic rings. The molecule has 1 aliphatic heterocycles. The van der Waals surface area contributed by atoms with E-state index in [4.69, 9.17) is 4.74 Å². The molecule has 17 heavy (non-hydrogen) atoms. The van der Waals surface area contributed by atoms with E-state index in [2.05, 4.69) is 20.2 Å². The average Bonchev–Trinajstić information content (AvgIpc) is 2.40. The summed E-state index contributed by atoms with van der Waals surface area (Å²) < 4.78 is 4.85. The van der Waals surface area contributed by atoms with Gasteiger partial charge in [0.25, 0.3) is 0 Å². The highest BCUT2D eigenvalue weighted by molar-refractivity contribution is 5.86. The number of anilines is 1. The minimum Gasteiger partial charge on any atom is -0.461 e. The molecule has 1 aromatic rings. The SMILES string of the molecule is CCOC(=O)c1cnc(N2CCNCC2)cn1. The predicted octanol–water partition coefficient (Wildman–Crippen LogP) is 0.0629. The van der Waals surface area contributed by atoms with Crippen molar-refractivity contribution >= 4 is 11.8 Å². The Balaban J connectivity index is 2.04. The van der Waals surface area contributed by atoms with E-state index in [-0.39, 0.29) is 5.69 Å². The smallest absolute Gasteiger partial charge is 0.358 e. The fourth-order valence-corrected chi connectivity index (χ4v) is 1.69. The van der Waals surface area contributed by atoms with Crippen molar-refractivity contribution in [3.8, 4) is 0 Å². The van der Waals surface area contributed by atoms with Gasteiger partial charge in [-0.2, -0.15) is 0 Å². The molecular weight excluding hydrogens is 220 g/mol. The Morgan fingerprint density at radius 3 is 2.76 bits per heavy atom. The molecule has 92 valence electrons. The summed E-state index contributed by atoms with van der Waals surface area (Å²) in [4.78, 5) is 21.8. The van der Waals surface area contributed by atoms with Crippen LogP contribution in [0.4, 0.5) is 5.82 Å². The van der Waals surface area contributed by atoms with Gasteiger partial charge in [-0.3, -0.25) is 0 Å². The summed E-state index contributed by atoms with van der Waals surface area (Å²) in [5, 5.41) is 3.27. The highest BCUT2D eigenvalue weighted by Crippen LogP contribution is 2.09. The van der Waals surface area contributed by atoms with Crippen LogP contribution in [-0.4, -0.2) is 48.7 Å². The molecule has 1 fully saturated rings. The van der Waals surface area contributed by atoms with E-state index in [0.29, 0.717) is 6.61 Å². The molecule has 0 aromatic carbocycles. The number of hydrogen-bond acceptors (Lipinski definition) is 6. The second-order valence-electron chi connectivity index (χ2n) is 3.72. The van der Waals surface area contributed by atoms with E-state index < -0.39 is 5.97 Å². The Labute approximate surface area is 100 Å². The van der Waals surface area contributed by atoms with Gasteiger partial charge in [-0.25, -0.2) is 14.8 Å². The minimum absolute atomic E-state index is 0.255. The molecule has 0 amide bonds. The number of rotatable bonds is 3. The maximum atomic E-state index is 11.4. The van der Waals surface area contributed by atoms with Crippen molar-refractivity contribution in [3.05, 3.63) is 18.1 Å². The molecule has 6 heteroatoms. The van der Waals surface area contributed by atoms with Crippen LogP contribution < -0.4 is 10.2 Å². The third-order valence-electron chi connectivity index (χ3n) is 2.56. The second-order valence-corrected chi connectivity index (χ2v) is 3.72. The van der Waals surface area contributed by atoms with Gasteiger partial charge in [0, 0.05) is 26.2 Å². The van der Waals surface area contributed by atoms with Gasteiger partial charge in [-0.15, -0.1) is 0 Å². The summed E-state index contributed by atoms with van der Waals surface area (Å²) in [5.41, 5.74) is 0.255. The molecule has 1 aromatic heterocycles. The van der Waals surface area contributed by atoms with Gasteiger partial charge in [-0.1, -0.05) is 0 Å². The van der Waals surface area contributed by atoms with E-state index in [1.165, 1.54) is 6.20 Å². The summed E-state index contributed by atoms with van der Waals surface area (Å²) in [7, 11) is 0. The van der Waals surface area contributed by atoms with Crippen molar-refractivity contribution < 1.29 is 9.53 Å². The van der Waals surface area contributed by atoms with Gasteiger partial charge in [0.15, 0.2) is 5.69 Å². The highest BCUT2D eigenvalue weighted by atomic mass is 16.5. The maximum Gasteiger partial charge on any atom is 0.358 e.